The van der Waals surface area contributed by atoms with Crippen LogP contribution in [0.1, 0.15) is 16.2 Å². The number of carboxylic acids is 1. The van der Waals surface area contributed by atoms with Crippen LogP contribution in [0.4, 0.5) is 4.39 Å². The van der Waals surface area contributed by atoms with Gasteiger partial charge in [-0.15, -0.1) is 0 Å². The minimum Gasteiger partial charge on any atom is -0.486 e. The molecule has 1 heterocycles. The lowest BCUT2D eigenvalue weighted by atomic mass is 10.2. The molecule has 29 heavy (non-hydrogen) atoms. The Kier molecular flexibility index (Phi) is 4.87. The van der Waals surface area contributed by atoms with Gasteiger partial charge in [0.05, 0.1) is 16.6 Å². The van der Waals surface area contributed by atoms with Crippen molar-refractivity contribution in [2.75, 3.05) is 0 Å². The Balaban J connectivity index is 1.53. The second-order valence-corrected chi connectivity index (χ2v) is 6.42. The second-order valence-electron chi connectivity index (χ2n) is 6.42. The van der Waals surface area contributed by atoms with Gasteiger partial charge in [0.15, 0.2) is 0 Å². The van der Waals surface area contributed by atoms with Crippen molar-refractivity contribution in [3.8, 4) is 17.2 Å². The fourth-order valence-electron chi connectivity index (χ4n) is 2.92. The summed E-state index contributed by atoms with van der Waals surface area (Å²) in [6.45, 7) is 0.183. The highest BCUT2D eigenvalue weighted by Gasteiger charge is 2.11. The van der Waals surface area contributed by atoms with Crippen LogP contribution in [0.3, 0.4) is 0 Å². The zero-order chi connectivity index (χ0) is 20.4. The lowest BCUT2D eigenvalue weighted by molar-refractivity contribution is 0.0696. The van der Waals surface area contributed by atoms with E-state index in [1.54, 1.807) is 30.3 Å². The summed E-state index contributed by atoms with van der Waals surface area (Å²) >= 11 is 0. The van der Waals surface area contributed by atoms with Crippen LogP contribution in [0, 0.1) is 5.82 Å². The Labute approximate surface area is 165 Å². The van der Waals surface area contributed by atoms with Crippen molar-refractivity contribution < 1.29 is 23.8 Å². The molecule has 7 heteroatoms. The first-order valence-corrected chi connectivity index (χ1v) is 8.84. The molecule has 6 nitrogen and oxygen atoms in total. The fraction of sp³-hybridized carbons (Fsp3) is 0.0909. The highest BCUT2D eigenvalue weighted by molar-refractivity contribution is 5.88. The number of hydrogen-bond acceptors (Lipinski definition) is 4. The van der Waals surface area contributed by atoms with Crippen LogP contribution in [0.5, 0.6) is 17.2 Å². The highest BCUT2D eigenvalue weighted by Crippen LogP contribution is 2.26. The number of benzene rings is 3. The number of aromatic nitrogens is 2. The van der Waals surface area contributed by atoms with E-state index in [1.807, 2.05) is 23.7 Å². The zero-order valence-electron chi connectivity index (χ0n) is 15.5. The van der Waals surface area contributed by atoms with Crippen molar-refractivity contribution in [2.45, 2.75) is 6.61 Å². The SMILES string of the molecule is Cn1c(COc2cccc(C(=O)O)c2)nc2ccc(Oc3ccc(F)cc3)cc21. The molecule has 3 aromatic carbocycles. The molecule has 0 radical (unpaired) electrons. The quantitative estimate of drug-likeness (QED) is 0.511. The van der Waals surface area contributed by atoms with Gasteiger partial charge in [0.25, 0.3) is 0 Å². The number of halogens is 1. The lowest BCUT2D eigenvalue weighted by Gasteiger charge is -2.08. The molecule has 0 bridgehead atoms. The van der Waals surface area contributed by atoms with Crippen LogP contribution in [0.15, 0.2) is 66.7 Å². The van der Waals surface area contributed by atoms with E-state index in [2.05, 4.69) is 4.98 Å². The number of carboxylic acid groups (broad SMARTS) is 1. The molecule has 0 aliphatic heterocycles. The molecule has 4 rings (SSSR count). The molecule has 1 aromatic heterocycles. The molecular weight excluding hydrogens is 375 g/mol. The predicted octanol–water partition coefficient (Wildman–Crippen LogP) is 4.78. The first-order chi connectivity index (χ1) is 14.0. The van der Waals surface area contributed by atoms with Crippen molar-refractivity contribution in [2.24, 2.45) is 7.05 Å². The summed E-state index contributed by atoms with van der Waals surface area (Å²) in [5, 5.41) is 9.08. The average Bonchev–Trinajstić information content (AvgIpc) is 3.04. The Bertz CT molecular complexity index is 1190. The van der Waals surface area contributed by atoms with Gasteiger partial charge >= 0.3 is 5.97 Å². The number of nitrogens with zero attached hydrogens (tertiary/aromatic N) is 2. The van der Waals surface area contributed by atoms with Crippen molar-refractivity contribution >= 4 is 17.0 Å². The second kappa shape index (κ2) is 7.63. The van der Waals surface area contributed by atoms with Gasteiger partial charge in [0.1, 0.15) is 35.5 Å². The summed E-state index contributed by atoms with van der Waals surface area (Å²) in [6, 6.07) is 17.6. The number of aryl methyl sites for hydroxylation is 1. The van der Waals surface area contributed by atoms with Gasteiger partial charge in [-0.3, -0.25) is 0 Å². The minimum atomic E-state index is -1.01. The van der Waals surface area contributed by atoms with Gasteiger partial charge < -0.3 is 19.1 Å². The third-order valence-corrected chi connectivity index (χ3v) is 4.44. The van der Waals surface area contributed by atoms with E-state index < -0.39 is 5.97 Å². The smallest absolute Gasteiger partial charge is 0.335 e. The molecule has 0 aliphatic rings. The average molecular weight is 392 g/mol. The summed E-state index contributed by atoms with van der Waals surface area (Å²) in [4.78, 5) is 15.6. The van der Waals surface area contributed by atoms with Crippen LogP contribution in [-0.2, 0) is 13.7 Å². The minimum absolute atomic E-state index is 0.162. The van der Waals surface area contributed by atoms with Crippen LogP contribution in [0.25, 0.3) is 11.0 Å². The van der Waals surface area contributed by atoms with Crippen molar-refractivity contribution in [3.05, 3.63) is 83.9 Å². The van der Waals surface area contributed by atoms with E-state index in [4.69, 9.17) is 14.6 Å². The number of ether oxygens (including phenoxy) is 2. The summed E-state index contributed by atoms with van der Waals surface area (Å²) in [6.07, 6.45) is 0. The van der Waals surface area contributed by atoms with E-state index in [9.17, 15) is 9.18 Å². The first-order valence-electron chi connectivity index (χ1n) is 8.84. The van der Waals surface area contributed by atoms with E-state index in [1.165, 1.54) is 24.3 Å². The maximum absolute atomic E-state index is 13.0. The van der Waals surface area contributed by atoms with E-state index in [-0.39, 0.29) is 18.0 Å². The number of carbonyl (C=O) groups is 1. The van der Waals surface area contributed by atoms with Crippen molar-refractivity contribution in [3.63, 3.8) is 0 Å². The van der Waals surface area contributed by atoms with Crippen LogP contribution < -0.4 is 9.47 Å². The standard InChI is InChI=1S/C22H17FN2O4/c1-25-20-12-18(29-16-7-5-15(23)6-8-16)9-10-19(20)24-21(25)13-28-17-4-2-3-14(11-17)22(26)27/h2-12H,13H2,1H3,(H,26,27). The Hall–Kier alpha value is -3.87. The molecule has 146 valence electrons. The molecule has 0 aliphatic carbocycles. The summed E-state index contributed by atoms with van der Waals surface area (Å²) in [5.41, 5.74) is 1.79. The molecular formula is C22H17FN2O4. The Morgan fingerprint density at radius 3 is 2.55 bits per heavy atom. The zero-order valence-corrected chi connectivity index (χ0v) is 15.5. The molecule has 0 saturated heterocycles. The van der Waals surface area contributed by atoms with Crippen molar-refractivity contribution in [1.82, 2.24) is 9.55 Å². The number of hydrogen-bond donors (Lipinski definition) is 1. The molecule has 0 unspecified atom stereocenters. The normalized spacial score (nSPS) is 10.8. The maximum atomic E-state index is 13.0. The van der Waals surface area contributed by atoms with Gasteiger partial charge in [-0.2, -0.15) is 0 Å². The van der Waals surface area contributed by atoms with Gasteiger partial charge in [0.2, 0.25) is 0 Å². The number of fused-ring (bicyclic) bond motifs is 1. The van der Waals surface area contributed by atoms with Gasteiger partial charge in [-0.05, 0) is 54.6 Å². The maximum Gasteiger partial charge on any atom is 0.335 e. The van der Waals surface area contributed by atoms with Gasteiger partial charge in [-0.25, -0.2) is 14.2 Å². The summed E-state index contributed by atoms with van der Waals surface area (Å²) in [7, 11) is 1.86. The molecule has 0 spiro atoms. The Morgan fingerprint density at radius 2 is 1.79 bits per heavy atom. The first kappa shape index (κ1) is 18.5. The van der Waals surface area contributed by atoms with Gasteiger partial charge in [0, 0.05) is 13.1 Å². The van der Waals surface area contributed by atoms with Crippen LogP contribution in [-0.4, -0.2) is 20.6 Å². The number of imidazole rings is 1. The largest absolute Gasteiger partial charge is 0.486 e. The van der Waals surface area contributed by atoms with Crippen LogP contribution >= 0.6 is 0 Å². The highest BCUT2D eigenvalue weighted by atomic mass is 19.1. The lowest BCUT2D eigenvalue weighted by Crippen LogP contribution is -2.04. The fourth-order valence-corrected chi connectivity index (χ4v) is 2.92. The topological polar surface area (TPSA) is 73.6 Å². The van der Waals surface area contributed by atoms with E-state index in [0.29, 0.717) is 23.1 Å². The Morgan fingerprint density at radius 1 is 1.03 bits per heavy atom. The monoisotopic (exact) mass is 392 g/mol. The number of aromatic carboxylic acids is 1. The van der Waals surface area contributed by atoms with Gasteiger partial charge in [-0.1, -0.05) is 6.07 Å². The molecule has 0 saturated carbocycles. The molecule has 1 N–H and O–H groups in total. The molecule has 4 aromatic rings. The third kappa shape index (κ3) is 4.03. The number of rotatable bonds is 6. The van der Waals surface area contributed by atoms with Crippen molar-refractivity contribution in [1.29, 1.82) is 0 Å². The summed E-state index contributed by atoms with van der Waals surface area (Å²) < 4.78 is 26.4. The molecule has 0 amide bonds. The molecule has 0 fully saturated rings. The predicted molar refractivity (Wildman–Crippen MR) is 105 cm³/mol. The molecule has 0 atom stereocenters. The third-order valence-electron chi connectivity index (χ3n) is 4.44. The van der Waals surface area contributed by atoms with E-state index >= 15 is 0 Å². The summed E-state index contributed by atoms with van der Waals surface area (Å²) in [5.74, 6) is 0.949. The van der Waals surface area contributed by atoms with E-state index in [0.717, 1.165) is 11.0 Å². The van der Waals surface area contributed by atoms with Crippen LogP contribution in [0.2, 0.25) is 0 Å².